The number of ether oxygens (including phenoxy) is 2. The van der Waals surface area contributed by atoms with E-state index in [1.807, 2.05) is 57.2 Å². The number of carbonyl (C=O) groups excluding carboxylic acids is 1. The first-order valence-corrected chi connectivity index (χ1v) is 10.6. The molecule has 0 heterocycles. The number of halogens is 1. The van der Waals surface area contributed by atoms with Gasteiger partial charge in [0.15, 0.2) is 0 Å². The average molecular weight is 438 g/mol. The van der Waals surface area contributed by atoms with Gasteiger partial charge in [-0.25, -0.2) is 0 Å². The number of amides is 1. The number of hydrogen-bond donors (Lipinski definition) is 1. The maximum absolute atomic E-state index is 12.8. The highest BCUT2D eigenvalue weighted by molar-refractivity contribution is 6.30. The van der Waals surface area contributed by atoms with Gasteiger partial charge in [-0.05, 0) is 86.3 Å². The van der Waals surface area contributed by atoms with Crippen LogP contribution in [0.15, 0.2) is 54.6 Å². The first-order valence-electron chi connectivity index (χ1n) is 10.2. The molecule has 4 nitrogen and oxygen atoms in total. The number of carbonyl (C=O) groups is 1. The minimum Gasteiger partial charge on any atom is -0.496 e. The third-order valence-electron chi connectivity index (χ3n) is 5.41. The maximum atomic E-state index is 12.8. The summed E-state index contributed by atoms with van der Waals surface area (Å²) in [4.78, 5) is 12.8. The van der Waals surface area contributed by atoms with Crippen molar-refractivity contribution in [2.75, 3.05) is 7.11 Å². The Bertz CT molecular complexity index is 1080. The Morgan fingerprint density at radius 3 is 2.39 bits per heavy atom. The second-order valence-corrected chi connectivity index (χ2v) is 8.20. The molecule has 31 heavy (non-hydrogen) atoms. The van der Waals surface area contributed by atoms with Crippen LogP contribution in [0.2, 0.25) is 5.02 Å². The van der Waals surface area contributed by atoms with E-state index in [0.29, 0.717) is 22.9 Å². The first-order chi connectivity index (χ1) is 14.8. The molecule has 0 aliphatic rings. The van der Waals surface area contributed by atoms with Gasteiger partial charge in [0.25, 0.3) is 5.91 Å². The number of methoxy groups -OCH3 is 1. The van der Waals surface area contributed by atoms with Crippen LogP contribution in [0.25, 0.3) is 0 Å². The number of benzene rings is 3. The highest BCUT2D eigenvalue weighted by Gasteiger charge is 2.15. The fourth-order valence-corrected chi connectivity index (χ4v) is 3.58. The molecule has 0 aliphatic carbocycles. The average Bonchev–Trinajstić information content (AvgIpc) is 2.75. The summed E-state index contributed by atoms with van der Waals surface area (Å²) in [7, 11) is 1.61. The van der Waals surface area contributed by atoms with Crippen LogP contribution in [0.5, 0.6) is 11.5 Å². The molecule has 3 aromatic carbocycles. The molecule has 0 radical (unpaired) electrons. The largest absolute Gasteiger partial charge is 0.496 e. The van der Waals surface area contributed by atoms with Crippen molar-refractivity contribution in [3.63, 3.8) is 0 Å². The van der Waals surface area contributed by atoms with E-state index in [1.54, 1.807) is 19.2 Å². The zero-order chi connectivity index (χ0) is 22.5. The van der Waals surface area contributed by atoms with Crippen molar-refractivity contribution in [1.29, 1.82) is 0 Å². The fourth-order valence-electron chi connectivity index (χ4n) is 3.45. The lowest BCUT2D eigenvalue weighted by molar-refractivity contribution is 0.0939. The smallest absolute Gasteiger partial charge is 0.251 e. The maximum Gasteiger partial charge on any atom is 0.251 e. The van der Waals surface area contributed by atoms with Crippen LogP contribution in [0.4, 0.5) is 0 Å². The Labute approximate surface area is 189 Å². The van der Waals surface area contributed by atoms with Crippen LogP contribution in [0.1, 0.15) is 51.1 Å². The molecule has 1 atom stereocenters. The van der Waals surface area contributed by atoms with Crippen LogP contribution in [0.3, 0.4) is 0 Å². The van der Waals surface area contributed by atoms with E-state index in [1.165, 1.54) is 5.56 Å². The molecule has 0 aromatic heterocycles. The molecule has 162 valence electrons. The summed E-state index contributed by atoms with van der Waals surface area (Å²) in [5.74, 6) is 1.36. The van der Waals surface area contributed by atoms with Gasteiger partial charge in [-0.15, -0.1) is 0 Å². The first kappa shape index (κ1) is 22.7. The highest BCUT2D eigenvalue weighted by Crippen LogP contribution is 2.27. The summed E-state index contributed by atoms with van der Waals surface area (Å²) < 4.78 is 11.6. The summed E-state index contributed by atoms with van der Waals surface area (Å²) in [5.41, 5.74) is 5.79. The lowest BCUT2D eigenvalue weighted by Gasteiger charge is -2.17. The summed E-state index contributed by atoms with van der Waals surface area (Å²) in [5, 5.41) is 3.70. The van der Waals surface area contributed by atoms with Gasteiger partial charge in [-0.2, -0.15) is 0 Å². The SMILES string of the molecule is COc1ccc(C(=O)N[C@@H](C)c2ccc(Cl)cc2)cc1COc1cc(C)cc(C)c1C. The molecule has 0 spiro atoms. The monoisotopic (exact) mass is 437 g/mol. The minimum absolute atomic E-state index is 0.149. The quantitative estimate of drug-likeness (QED) is 0.468. The van der Waals surface area contributed by atoms with Gasteiger partial charge in [-0.3, -0.25) is 4.79 Å². The van der Waals surface area contributed by atoms with Gasteiger partial charge >= 0.3 is 0 Å². The third-order valence-corrected chi connectivity index (χ3v) is 5.66. The summed E-state index contributed by atoms with van der Waals surface area (Å²) >= 11 is 5.95. The highest BCUT2D eigenvalue weighted by atomic mass is 35.5. The predicted molar refractivity (Wildman–Crippen MR) is 125 cm³/mol. The van der Waals surface area contributed by atoms with E-state index in [9.17, 15) is 4.79 Å². The van der Waals surface area contributed by atoms with E-state index < -0.39 is 0 Å². The van der Waals surface area contributed by atoms with E-state index >= 15 is 0 Å². The summed E-state index contributed by atoms with van der Waals surface area (Å²) in [6.07, 6.45) is 0. The molecule has 5 heteroatoms. The second kappa shape index (κ2) is 9.88. The number of aryl methyl sites for hydroxylation is 2. The third kappa shape index (κ3) is 5.59. The standard InChI is InChI=1S/C26H28ClNO3/c1-16-12-17(2)18(3)25(13-16)31-15-22-14-21(8-11-24(22)30-5)26(29)28-19(4)20-6-9-23(27)10-7-20/h6-14,19H,15H2,1-5H3,(H,28,29)/t19-/m0/s1. The van der Waals surface area contributed by atoms with Crippen molar-refractivity contribution in [1.82, 2.24) is 5.32 Å². The van der Waals surface area contributed by atoms with Gasteiger partial charge in [0.1, 0.15) is 18.1 Å². The van der Waals surface area contributed by atoms with E-state index in [2.05, 4.69) is 18.3 Å². The molecule has 1 amide bonds. The molecule has 3 aromatic rings. The normalized spacial score (nSPS) is 11.7. The van der Waals surface area contributed by atoms with E-state index in [4.69, 9.17) is 21.1 Å². The Morgan fingerprint density at radius 1 is 1.00 bits per heavy atom. The lowest BCUT2D eigenvalue weighted by atomic mass is 10.1. The van der Waals surface area contributed by atoms with Crippen LogP contribution >= 0.6 is 11.6 Å². The molecular weight excluding hydrogens is 410 g/mol. The van der Waals surface area contributed by atoms with Gasteiger partial charge in [0, 0.05) is 16.1 Å². The molecular formula is C26H28ClNO3. The number of hydrogen-bond acceptors (Lipinski definition) is 3. The van der Waals surface area contributed by atoms with Gasteiger partial charge < -0.3 is 14.8 Å². The Balaban J connectivity index is 1.76. The fraction of sp³-hybridized carbons (Fsp3) is 0.269. The summed E-state index contributed by atoms with van der Waals surface area (Å²) in [6, 6.07) is 16.8. The molecule has 0 saturated heterocycles. The second-order valence-electron chi connectivity index (χ2n) is 7.77. The minimum atomic E-state index is -0.158. The molecule has 0 bridgehead atoms. The van der Waals surface area contributed by atoms with E-state index in [-0.39, 0.29) is 11.9 Å². The van der Waals surface area contributed by atoms with Crippen LogP contribution in [-0.2, 0) is 6.61 Å². The van der Waals surface area contributed by atoms with Gasteiger partial charge in [-0.1, -0.05) is 29.8 Å². The molecule has 0 fully saturated rings. The molecule has 0 unspecified atom stereocenters. The van der Waals surface area contributed by atoms with Crippen LogP contribution in [0, 0.1) is 20.8 Å². The lowest BCUT2D eigenvalue weighted by Crippen LogP contribution is -2.26. The van der Waals surface area contributed by atoms with Gasteiger partial charge in [0.05, 0.1) is 13.2 Å². The van der Waals surface area contributed by atoms with Gasteiger partial charge in [0.2, 0.25) is 0 Å². The Hall–Kier alpha value is -2.98. The molecule has 0 saturated carbocycles. The number of nitrogens with one attached hydrogen (secondary N) is 1. The van der Waals surface area contributed by atoms with Crippen molar-refractivity contribution in [2.45, 2.75) is 40.3 Å². The van der Waals surface area contributed by atoms with Crippen LogP contribution in [-0.4, -0.2) is 13.0 Å². The van der Waals surface area contributed by atoms with Crippen molar-refractivity contribution < 1.29 is 14.3 Å². The van der Waals surface area contributed by atoms with Crippen molar-refractivity contribution in [3.8, 4) is 11.5 Å². The Kier molecular flexibility index (Phi) is 7.24. The topological polar surface area (TPSA) is 47.6 Å². The van der Waals surface area contributed by atoms with E-state index in [0.717, 1.165) is 28.0 Å². The van der Waals surface area contributed by atoms with Crippen molar-refractivity contribution >= 4 is 17.5 Å². The Morgan fingerprint density at radius 2 is 1.71 bits per heavy atom. The zero-order valence-corrected chi connectivity index (χ0v) is 19.3. The molecule has 3 rings (SSSR count). The molecule has 1 N–H and O–H groups in total. The van der Waals surface area contributed by atoms with Crippen LogP contribution < -0.4 is 14.8 Å². The predicted octanol–water partition coefficient (Wildman–Crippen LogP) is 6.34. The van der Waals surface area contributed by atoms with Crippen molar-refractivity contribution in [3.05, 3.63) is 93.0 Å². The summed E-state index contributed by atoms with van der Waals surface area (Å²) in [6.45, 7) is 8.41. The molecule has 0 aliphatic heterocycles. The zero-order valence-electron chi connectivity index (χ0n) is 18.6. The number of rotatable bonds is 7. The van der Waals surface area contributed by atoms with Crippen molar-refractivity contribution in [2.24, 2.45) is 0 Å².